The second-order valence-corrected chi connectivity index (χ2v) is 5.91. The van der Waals surface area contributed by atoms with Crippen LogP contribution < -0.4 is 0 Å². The van der Waals surface area contributed by atoms with Gasteiger partial charge in [0.2, 0.25) is 0 Å². The van der Waals surface area contributed by atoms with Crippen LogP contribution in [-0.2, 0) is 11.0 Å². The number of carbonyl (C=O) groups excluding carboxylic acids is 1. The van der Waals surface area contributed by atoms with Crippen LogP contribution in [0, 0.1) is 0 Å². The van der Waals surface area contributed by atoms with Crippen molar-refractivity contribution in [2.24, 2.45) is 5.16 Å². The van der Waals surface area contributed by atoms with E-state index in [1.165, 1.54) is 23.6 Å². The number of aromatic nitrogens is 2. The second-order valence-electron chi connectivity index (χ2n) is 5.05. The standard InChI is InChI=1S/C16H10F3N3O3S/c1-9(12-8-26-14(21-12)13-5-6-20-24-13)22-25-15(23)10-3-2-4-11(7-10)16(17,18)19/h2-8H,1H3/b22-9+. The fraction of sp³-hybridized carbons (Fsp3) is 0.125. The van der Waals surface area contributed by atoms with E-state index in [2.05, 4.69) is 15.3 Å². The summed E-state index contributed by atoms with van der Waals surface area (Å²) in [7, 11) is 0. The third-order valence-corrected chi connectivity index (χ3v) is 4.07. The van der Waals surface area contributed by atoms with Crippen molar-refractivity contribution in [3.63, 3.8) is 0 Å². The Morgan fingerprint density at radius 1 is 1.31 bits per heavy atom. The van der Waals surface area contributed by atoms with Gasteiger partial charge in [-0.1, -0.05) is 16.4 Å². The molecule has 1 aromatic carbocycles. The van der Waals surface area contributed by atoms with Crippen LogP contribution in [0.2, 0.25) is 0 Å². The maximum Gasteiger partial charge on any atom is 0.416 e. The van der Waals surface area contributed by atoms with Crippen LogP contribution in [-0.4, -0.2) is 21.8 Å². The van der Waals surface area contributed by atoms with E-state index >= 15 is 0 Å². The predicted octanol–water partition coefficient (Wildman–Crippen LogP) is 4.40. The van der Waals surface area contributed by atoms with Gasteiger partial charge in [0.15, 0.2) is 10.8 Å². The highest BCUT2D eigenvalue weighted by atomic mass is 32.1. The number of benzene rings is 1. The van der Waals surface area contributed by atoms with Gasteiger partial charge in [0.1, 0.15) is 5.71 Å². The largest absolute Gasteiger partial charge is 0.416 e. The van der Waals surface area contributed by atoms with Gasteiger partial charge in [-0.05, 0) is 25.1 Å². The average molecular weight is 381 g/mol. The third-order valence-electron chi connectivity index (χ3n) is 3.21. The monoisotopic (exact) mass is 381 g/mol. The molecule has 3 rings (SSSR count). The number of oxime groups is 1. The zero-order valence-corrected chi connectivity index (χ0v) is 14.0. The molecule has 0 spiro atoms. The summed E-state index contributed by atoms with van der Waals surface area (Å²) in [6.07, 6.45) is -3.07. The molecule has 0 bridgehead atoms. The molecule has 0 saturated heterocycles. The van der Waals surface area contributed by atoms with Crippen molar-refractivity contribution in [1.82, 2.24) is 10.1 Å². The molecule has 0 aliphatic carbocycles. The first-order chi connectivity index (χ1) is 12.3. The number of nitrogens with zero attached hydrogens (tertiary/aromatic N) is 3. The molecule has 0 atom stereocenters. The Morgan fingerprint density at radius 3 is 2.81 bits per heavy atom. The van der Waals surface area contributed by atoms with E-state index in [1.54, 1.807) is 18.4 Å². The van der Waals surface area contributed by atoms with Gasteiger partial charge < -0.3 is 9.36 Å². The minimum Gasteiger partial charge on any atom is -0.354 e. The lowest BCUT2D eigenvalue weighted by molar-refractivity contribution is -0.137. The molecule has 0 N–H and O–H groups in total. The molecule has 0 fully saturated rings. The molecule has 0 unspecified atom stereocenters. The Bertz CT molecular complexity index is 949. The molecule has 2 aromatic heterocycles. The number of thiazole rings is 1. The van der Waals surface area contributed by atoms with Crippen LogP contribution in [0.1, 0.15) is 28.5 Å². The summed E-state index contributed by atoms with van der Waals surface area (Å²) in [5, 5.41) is 9.46. The van der Waals surface area contributed by atoms with E-state index in [0.717, 1.165) is 12.1 Å². The highest BCUT2D eigenvalue weighted by Gasteiger charge is 2.31. The van der Waals surface area contributed by atoms with Crippen molar-refractivity contribution in [1.29, 1.82) is 0 Å². The Kier molecular flexibility index (Phi) is 4.85. The number of hydrogen-bond donors (Lipinski definition) is 0. The third kappa shape index (κ3) is 3.97. The minimum absolute atomic E-state index is 0.253. The normalized spacial score (nSPS) is 12.2. The summed E-state index contributed by atoms with van der Waals surface area (Å²) >= 11 is 1.28. The number of alkyl halides is 3. The molecule has 6 nitrogen and oxygen atoms in total. The molecule has 134 valence electrons. The smallest absolute Gasteiger partial charge is 0.354 e. The minimum atomic E-state index is -4.55. The lowest BCUT2D eigenvalue weighted by Gasteiger charge is -2.07. The highest BCUT2D eigenvalue weighted by Crippen LogP contribution is 2.29. The van der Waals surface area contributed by atoms with Gasteiger partial charge in [0.05, 0.1) is 23.0 Å². The van der Waals surface area contributed by atoms with E-state index in [4.69, 9.17) is 9.36 Å². The van der Waals surface area contributed by atoms with Crippen LogP contribution in [0.4, 0.5) is 13.2 Å². The number of halogens is 3. The molecule has 2 heterocycles. The zero-order valence-electron chi connectivity index (χ0n) is 13.1. The van der Waals surface area contributed by atoms with Gasteiger partial charge in [-0.3, -0.25) is 0 Å². The molecule has 0 radical (unpaired) electrons. The van der Waals surface area contributed by atoms with Crippen LogP contribution in [0.3, 0.4) is 0 Å². The predicted molar refractivity (Wildman–Crippen MR) is 86.7 cm³/mol. The summed E-state index contributed by atoms with van der Waals surface area (Å²) in [5.41, 5.74) is -0.466. The van der Waals surface area contributed by atoms with Crippen molar-refractivity contribution < 1.29 is 27.3 Å². The average Bonchev–Trinajstić information content (AvgIpc) is 3.29. The molecule has 26 heavy (non-hydrogen) atoms. The number of rotatable bonds is 4. The topological polar surface area (TPSA) is 77.6 Å². The Labute approximate surface area is 148 Å². The van der Waals surface area contributed by atoms with Crippen molar-refractivity contribution >= 4 is 23.0 Å². The SMILES string of the molecule is C/C(=N\OC(=O)c1cccc(C(F)(F)F)c1)c1csc(-c2ccno2)n1. The van der Waals surface area contributed by atoms with Gasteiger partial charge in [-0.15, -0.1) is 11.3 Å². The molecule has 10 heteroatoms. The Balaban J connectivity index is 1.72. The van der Waals surface area contributed by atoms with Gasteiger partial charge >= 0.3 is 12.1 Å². The van der Waals surface area contributed by atoms with E-state index in [1.807, 2.05) is 0 Å². The maximum absolute atomic E-state index is 12.7. The molecule has 0 aliphatic heterocycles. The first-order valence-corrected chi connectivity index (χ1v) is 8.03. The van der Waals surface area contributed by atoms with Crippen molar-refractivity contribution in [2.45, 2.75) is 13.1 Å². The maximum atomic E-state index is 12.7. The van der Waals surface area contributed by atoms with Gasteiger partial charge in [0, 0.05) is 11.4 Å². The van der Waals surface area contributed by atoms with Gasteiger partial charge in [-0.2, -0.15) is 13.2 Å². The fourth-order valence-corrected chi connectivity index (χ4v) is 2.73. The summed E-state index contributed by atoms with van der Waals surface area (Å²) in [4.78, 5) is 20.9. The van der Waals surface area contributed by atoms with Crippen LogP contribution >= 0.6 is 11.3 Å². The summed E-state index contributed by atoms with van der Waals surface area (Å²) < 4.78 is 43.0. The fourth-order valence-electron chi connectivity index (χ4n) is 1.91. The van der Waals surface area contributed by atoms with E-state index in [9.17, 15) is 18.0 Å². The number of hydrogen-bond acceptors (Lipinski definition) is 7. The van der Waals surface area contributed by atoms with Crippen molar-refractivity contribution in [3.05, 3.63) is 58.7 Å². The molecule has 0 saturated carbocycles. The molecular weight excluding hydrogens is 371 g/mol. The van der Waals surface area contributed by atoms with Crippen molar-refractivity contribution in [3.8, 4) is 10.8 Å². The molecular formula is C16H10F3N3O3S. The number of carbonyl (C=O) groups is 1. The summed E-state index contributed by atoms with van der Waals surface area (Å²) in [6, 6.07) is 5.56. The first kappa shape index (κ1) is 17.8. The quantitative estimate of drug-likeness (QED) is 0.380. The molecule has 0 aliphatic rings. The van der Waals surface area contributed by atoms with Gasteiger partial charge in [0.25, 0.3) is 0 Å². The van der Waals surface area contributed by atoms with E-state index in [-0.39, 0.29) is 11.3 Å². The zero-order chi connectivity index (χ0) is 18.7. The Hall–Kier alpha value is -3.01. The highest BCUT2D eigenvalue weighted by molar-refractivity contribution is 7.13. The summed E-state index contributed by atoms with van der Waals surface area (Å²) in [6.45, 7) is 1.55. The second kappa shape index (κ2) is 7.08. The van der Waals surface area contributed by atoms with Gasteiger partial charge in [-0.25, -0.2) is 9.78 Å². The molecule has 0 amide bonds. The lowest BCUT2D eigenvalue weighted by Crippen LogP contribution is -2.09. The summed E-state index contributed by atoms with van der Waals surface area (Å²) in [5.74, 6) is -0.517. The lowest BCUT2D eigenvalue weighted by atomic mass is 10.1. The Morgan fingerprint density at radius 2 is 2.12 bits per heavy atom. The first-order valence-electron chi connectivity index (χ1n) is 7.15. The van der Waals surface area contributed by atoms with E-state index < -0.39 is 17.7 Å². The van der Waals surface area contributed by atoms with E-state index in [0.29, 0.717) is 22.5 Å². The van der Waals surface area contributed by atoms with Crippen molar-refractivity contribution in [2.75, 3.05) is 0 Å². The van der Waals surface area contributed by atoms with Crippen LogP contribution in [0.25, 0.3) is 10.8 Å². The van der Waals surface area contributed by atoms with Crippen LogP contribution in [0.15, 0.2) is 51.6 Å². The molecule has 3 aromatic rings. The van der Waals surface area contributed by atoms with Crippen LogP contribution in [0.5, 0.6) is 0 Å².